The largest absolute Gasteiger partial charge is 0.447 e. The Bertz CT molecular complexity index is 1430. The highest BCUT2D eigenvalue weighted by molar-refractivity contribution is 6.37. The van der Waals surface area contributed by atoms with Gasteiger partial charge in [-0.2, -0.15) is 0 Å². The summed E-state index contributed by atoms with van der Waals surface area (Å²) < 4.78 is 5.43. The fraction of sp³-hybridized carbons (Fsp3) is 0.684. The smallest absolute Gasteiger partial charge is 0.407 e. The summed E-state index contributed by atoms with van der Waals surface area (Å²) in [6.07, 6.45) is 4.25. The quantitative estimate of drug-likeness (QED) is 0.183. The molecule has 0 bridgehead atoms. The highest BCUT2D eigenvalue weighted by atomic mass is 16.5. The second-order valence-electron chi connectivity index (χ2n) is 16.3. The van der Waals surface area contributed by atoms with Crippen LogP contribution in [0, 0.1) is 29.1 Å². The summed E-state index contributed by atoms with van der Waals surface area (Å²) in [6.45, 7) is 13.6. The molecule has 1 heterocycles. The topological polar surface area (TPSA) is 189 Å². The third-order valence-electron chi connectivity index (χ3n) is 10.8. The Labute approximate surface area is 301 Å². The van der Waals surface area contributed by atoms with Crippen molar-refractivity contribution in [1.29, 1.82) is 0 Å². The van der Waals surface area contributed by atoms with E-state index in [4.69, 9.17) is 10.5 Å². The van der Waals surface area contributed by atoms with Crippen LogP contribution in [0.1, 0.15) is 91.7 Å². The van der Waals surface area contributed by atoms with Gasteiger partial charge < -0.3 is 36.6 Å². The molecule has 13 nitrogen and oxygen atoms in total. The maximum absolute atomic E-state index is 14.7. The van der Waals surface area contributed by atoms with E-state index < -0.39 is 59.3 Å². The zero-order valence-electron chi connectivity index (χ0n) is 31.3. The van der Waals surface area contributed by atoms with Crippen molar-refractivity contribution >= 4 is 35.6 Å². The number of hydrogen-bond acceptors (Lipinski definition) is 7. The predicted molar refractivity (Wildman–Crippen MR) is 192 cm³/mol. The van der Waals surface area contributed by atoms with Crippen molar-refractivity contribution in [2.75, 3.05) is 13.2 Å². The van der Waals surface area contributed by atoms with E-state index in [1.54, 1.807) is 4.90 Å². The Morgan fingerprint density at radius 3 is 2.04 bits per heavy atom. The summed E-state index contributed by atoms with van der Waals surface area (Å²) in [5.41, 5.74) is 7.07. The molecule has 0 spiro atoms. The molecule has 4 rings (SSSR count). The van der Waals surface area contributed by atoms with E-state index in [0.29, 0.717) is 32.2 Å². The lowest BCUT2D eigenvalue weighted by atomic mass is 9.80. The summed E-state index contributed by atoms with van der Waals surface area (Å²) in [5, 5.41) is 11.4. The van der Waals surface area contributed by atoms with Crippen LogP contribution in [-0.4, -0.2) is 83.9 Å². The molecule has 2 unspecified atom stereocenters. The third kappa shape index (κ3) is 10.2. The van der Waals surface area contributed by atoms with Crippen molar-refractivity contribution in [1.82, 2.24) is 26.2 Å². The second kappa shape index (κ2) is 16.9. The van der Waals surface area contributed by atoms with Crippen LogP contribution in [0.5, 0.6) is 0 Å². The van der Waals surface area contributed by atoms with Gasteiger partial charge in [0.25, 0.3) is 5.91 Å². The molecule has 2 aliphatic carbocycles. The number of nitrogens with one attached hydrogen (secondary N) is 4. The van der Waals surface area contributed by atoms with Gasteiger partial charge in [-0.25, -0.2) is 9.59 Å². The van der Waals surface area contributed by atoms with Crippen molar-refractivity contribution in [2.45, 2.75) is 124 Å². The van der Waals surface area contributed by atoms with Gasteiger partial charge in [-0.1, -0.05) is 78.1 Å². The zero-order chi connectivity index (χ0) is 37.6. The van der Waals surface area contributed by atoms with Gasteiger partial charge in [0.2, 0.25) is 17.6 Å². The van der Waals surface area contributed by atoms with Gasteiger partial charge in [0.05, 0.1) is 12.1 Å². The average Bonchev–Trinajstić information content (AvgIpc) is 3.66. The Kier molecular flexibility index (Phi) is 13.1. The summed E-state index contributed by atoms with van der Waals surface area (Å²) in [6, 6.07) is 3.68. The first-order chi connectivity index (χ1) is 24.0. The summed E-state index contributed by atoms with van der Waals surface area (Å²) in [5.74, 6) is -3.08. The molecule has 1 saturated heterocycles. The van der Waals surface area contributed by atoms with Gasteiger partial charge in [0.1, 0.15) is 18.7 Å². The molecule has 3 aliphatic rings. The molecule has 2 fully saturated rings. The van der Waals surface area contributed by atoms with Crippen molar-refractivity contribution in [3.63, 3.8) is 0 Å². The number of fused-ring (bicyclic) bond motifs is 1. The number of ketones is 1. The number of nitrogens with two attached hydrogens (primary N) is 1. The number of ether oxygens (including phenoxy) is 1. The number of likely N-dealkylation sites (tertiary alicyclic amines) is 1. The van der Waals surface area contributed by atoms with Gasteiger partial charge >= 0.3 is 12.1 Å². The van der Waals surface area contributed by atoms with Crippen LogP contribution in [0.3, 0.4) is 0 Å². The predicted octanol–water partition coefficient (Wildman–Crippen LogP) is 3.22. The minimum Gasteiger partial charge on any atom is -0.447 e. The molecule has 0 aromatic heterocycles. The number of Topliss-reactive ketones (excluding diaryl/α,β-unsaturated/α-hetero) is 1. The minimum absolute atomic E-state index is 0.0290. The molecule has 6 N–H and O–H groups in total. The number of nitrogens with zero attached hydrogens (tertiary/aromatic N) is 1. The third-order valence-corrected chi connectivity index (χ3v) is 10.8. The van der Waals surface area contributed by atoms with Gasteiger partial charge in [-0.15, -0.1) is 0 Å². The molecular formula is C38H58N6O7. The van der Waals surface area contributed by atoms with E-state index in [-0.39, 0.29) is 42.2 Å². The van der Waals surface area contributed by atoms with E-state index >= 15 is 0 Å². The van der Waals surface area contributed by atoms with E-state index in [2.05, 4.69) is 21.3 Å². The molecule has 13 heteroatoms. The number of carbonyl (C=O) groups is 6. The first-order valence-electron chi connectivity index (χ1n) is 18.5. The fourth-order valence-electron chi connectivity index (χ4n) is 7.49. The molecule has 6 amide bonds. The minimum atomic E-state index is -1.10. The monoisotopic (exact) mass is 710 g/mol. The normalized spacial score (nSPS) is 20.9. The van der Waals surface area contributed by atoms with Gasteiger partial charge in [-0.3, -0.25) is 19.2 Å². The standard InChI is InChI=1S/C38H58N6O7/c1-21(2)27-15-16-44(31(27)34(47)41-28(32(45)33(39)46)17-23-11-10-12-23)35(48)30(26-18-24-13-8-9-14-25(24)19-26)43-36(49)42-29(38(5,6)7)20-51-37(50)40-22(3)4/h8-9,13-14,21-23,26-31H,10-12,15-20H2,1-7H3,(H2,39,46)(H,40,50)(H,41,47)(H2,42,43,49)/t27-,28?,29-,30+,31?/m1/s1. The molecule has 51 heavy (non-hydrogen) atoms. The first kappa shape index (κ1) is 39.6. The molecule has 282 valence electrons. The molecule has 1 aromatic rings. The van der Waals surface area contributed by atoms with E-state index in [0.717, 1.165) is 30.4 Å². The van der Waals surface area contributed by atoms with Crippen LogP contribution < -0.4 is 27.0 Å². The molecule has 0 radical (unpaired) electrons. The van der Waals surface area contributed by atoms with Crippen LogP contribution >= 0.6 is 0 Å². The Morgan fingerprint density at radius 1 is 0.902 bits per heavy atom. The SMILES string of the molecule is CC(C)NC(=O)OC[C@@H](NC(=O)N[C@H](C(=O)N1CC[C@H](C(C)C)C1C(=O)NC(CC1CCC1)C(=O)C(N)=O)C1Cc2ccccc2C1)C(C)(C)C. The van der Waals surface area contributed by atoms with Crippen molar-refractivity contribution < 1.29 is 33.5 Å². The lowest BCUT2D eigenvalue weighted by Crippen LogP contribution is -2.61. The average molecular weight is 711 g/mol. The molecule has 1 saturated carbocycles. The molecule has 5 atom stereocenters. The summed E-state index contributed by atoms with van der Waals surface area (Å²) >= 11 is 0. The van der Waals surface area contributed by atoms with Crippen LogP contribution in [0.25, 0.3) is 0 Å². The Morgan fingerprint density at radius 2 is 1.53 bits per heavy atom. The van der Waals surface area contributed by atoms with Gasteiger partial charge in [0, 0.05) is 12.6 Å². The first-order valence-corrected chi connectivity index (χ1v) is 18.5. The van der Waals surface area contributed by atoms with Crippen LogP contribution in [0.15, 0.2) is 24.3 Å². The number of benzene rings is 1. The van der Waals surface area contributed by atoms with Crippen LogP contribution in [-0.2, 0) is 36.8 Å². The van der Waals surface area contributed by atoms with Crippen molar-refractivity contribution in [2.24, 2.45) is 34.8 Å². The van der Waals surface area contributed by atoms with E-state index in [1.165, 1.54) is 0 Å². The number of hydrogen-bond donors (Lipinski definition) is 5. The highest BCUT2D eigenvalue weighted by Crippen LogP contribution is 2.35. The number of primary amides is 1. The lowest BCUT2D eigenvalue weighted by molar-refractivity contribution is -0.144. The molecular weight excluding hydrogens is 652 g/mol. The summed E-state index contributed by atoms with van der Waals surface area (Å²) in [4.78, 5) is 81.3. The number of carbonyl (C=O) groups excluding carboxylic acids is 6. The van der Waals surface area contributed by atoms with Crippen molar-refractivity contribution in [3.8, 4) is 0 Å². The lowest BCUT2D eigenvalue weighted by Gasteiger charge is -2.36. The maximum atomic E-state index is 14.7. The van der Waals surface area contributed by atoms with Crippen LogP contribution in [0.2, 0.25) is 0 Å². The number of urea groups is 1. The molecule has 1 aromatic carbocycles. The number of amides is 6. The summed E-state index contributed by atoms with van der Waals surface area (Å²) in [7, 11) is 0. The molecule has 1 aliphatic heterocycles. The van der Waals surface area contributed by atoms with Gasteiger partial charge in [-0.05, 0) is 79.7 Å². The Balaban J connectivity index is 1.59. The maximum Gasteiger partial charge on any atom is 0.407 e. The van der Waals surface area contributed by atoms with E-state index in [1.807, 2.05) is 72.7 Å². The number of rotatable bonds is 14. The van der Waals surface area contributed by atoms with Crippen molar-refractivity contribution in [3.05, 3.63) is 35.4 Å². The van der Waals surface area contributed by atoms with Gasteiger partial charge in [0.15, 0.2) is 0 Å². The van der Waals surface area contributed by atoms with E-state index in [9.17, 15) is 28.8 Å². The highest BCUT2D eigenvalue weighted by Gasteiger charge is 2.48. The second-order valence-corrected chi connectivity index (χ2v) is 16.3. The zero-order valence-corrected chi connectivity index (χ0v) is 31.3. The fourth-order valence-corrected chi connectivity index (χ4v) is 7.49. The number of alkyl carbamates (subject to hydrolysis) is 1. The Hall–Kier alpha value is -4.16. The van der Waals surface area contributed by atoms with Crippen LogP contribution in [0.4, 0.5) is 9.59 Å².